The molecule has 0 saturated carbocycles. The molecule has 0 unspecified atom stereocenters. The van der Waals surface area contributed by atoms with Gasteiger partial charge >= 0.3 is 0 Å². The van der Waals surface area contributed by atoms with Crippen molar-refractivity contribution >= 4 is 22.2 Å². The lowest BCUT2D eigenvalue weighted by molar-refractivity contribution is 0.112. The molecular formula is C15H13BrO3. The number of hydrogen-bond acceptors (Lipinski definition) is 3. The average molecular weight is 321 g/mol. The smallest absolute Gasteiger partial charge is 0.150 e. The van der Waals surface area contributed by atoms with E-state index in [0.29, 0.717) is 18.8 Å². The van der Waals surface area contributed by atoms with Gasteiger partial charge < -0.3 is 9.47 Å². The fourth-order valence-electron chi connectivity index (χ4n) is 1.49. The molecule has 0 N–H and O–H groups in total. The van der Waals surface area contributed by atoms with Crippen molar-refractivity contribution in [3.05, 3.63) is 58.6 Å². The second kappa shape index (κ2) is 6.95. The number of carbonyl (C=O) groups is 1. The first kappa shape index (κ1) is 13.6. The van der Waals surface area contributed by atoms with Gasteiger partial charge in [0.2, 0.25) is 0 Å². The SMILES string of the molecule is O=Cc1ccc(OCCOc2ccc(Br)cc2)cc1. The Morgan fingerprint density at radius 3 is 1.79 bits per heavy atom. The normalized spacial score (nSPS) is 9.95. The molecule has 0 aromatic heterocycles. The van der Waals surface area contributed by atoms with Crippen molar-refractivity contribution in [2.75, 3.05) is 13.2 Å². The molecule has 0 heterocycles. The lowest BCUT2D eigenvalue weighted by Gasteiger charge is -2.08. The van der Waals surface area contributed by atoms with Crippen LogP contribution >= 0.6 is 15.9 Å². The number of halogens is 1. The van der Waals surface area contributed by atoms with Crippen LogP contribution in [0.4, 0.5) is 0 Å². The summed E-state index contributed by atoms with van der Waals surface area (Å²) in [4.78, 5) is 10.5. The highest BCUT2D eigenvalue weighted by Crippen LogP contribution is 2.16. The van der Waals surface area contributed by atoms with Crippen LogP contribution in [0.3, 0.4) is 0 Å². The van der Waals surface area contributed by atoms with Crippen molar-refractivity contribution in [3.8, 4) is 11.5 Å². The highest BCUT2D eigenvalue weighted by Gasteiger charge is 1.96. The fraction of sp³-hybridized carbons (Fsp3) is 0.133. The zero-order chi connectivity index (χ0) is 13.5. The Morgan fingerprint density at radius 1 is 0.842 bits per heavy atom. The molecule has 2 aromatic carbocycles. The molecule has 3 nitrogen and oxygen atoms in total. The summed E-state index contributed by atoms with van der Waals surface area (Å²) in [5.74, 6) is 1.54. The van der Waals surface area contributed by atoms with Crippen molar-refractivity contribution in [3.63, 3.8) is 0 Å². The van der Waals surface area contributed by atoms with Gasteiger partial charge in [0, 0.05) is 10.0 Å². The van der Waals surface area contributed by atoms with E-state index in [1.807, 2.05) is 24.3 Å². The van der Waals surface area contributed by atoms with E-state index in [2.05, 4.69) is 15.9 Å². The minimum absolute atomic E-state index is 0.455. The molecule has 0 saturated heterocycles. The zero-order valence-electron chi connectivity index (χ0n) is 10.2. The molecule has 0 amide bonds. The summed E-state index contributed by atoms with van der Waals surface area (Å²) in [6.45, 7) is 0.924. The molecule has 0 fully saturated rings. The van der Waals surface area contributed by atoms with Crippen LogP contribution in [0.25, 0.3) is 0 Å². The molecule has 0 atom stereocenters. The Bertz CT molecular complexity index is 520. The zero-order valence-corrected chi connectivity index (χ0v) is 11.8. The Hall–Kier alpha value is -1.81. The minimum Gasteiger partial charge on any atom is -0.490 e. The van der Waals surface area contributed by atoms with Crippen LogP contribution in [-0.2, 0) is 0 Å². The van der Waals surface area contributed by atoms with Crippen LogP contribution in [0.15, 0.2) is 53.0 Å². The van der Waals surface area contributed by atoms with Gasteiger partial charge in [-0.2, -0.15) is 0 Å². The molecule has 4 heteroatoms. The number of hydrogen-bond donors (Lipinski definition) is 0. The van der Waals surface area contributed by atoms with Gasteiger partial charge in [0.05, 0.1) is 0 Å². The Labute approximate surface area is 120 Å². The first-order valence-corrected chi connectivity index (χ1v) is 6.63. The number of aldehydes is 1. The summed E-state index contributed by atoms with van der Waals surface area (Å²) in [5.41, 5.74) is 0.637. The maximum Gasteiger partial charge on any atom is 0.150 e. The maximum absolute atomic E-state index is 10.5. The first-order chi connectivity index (χ1) is 9.28. The number of rotatable bonds is 6. The summed E-state index contributed by atoms with van der Waals surface area (Å²) < 4.78 is 12.0. The van der Waals surface area contributed by atoms with Gasteiger partial charge in [-0.05, 0) is 48.5 Å². The van der Waals surface area contributed by atoms with Crippen LogP contribution < -0.4 is 9.47 Å². The Morgan fingerprint density at radius 2 is 1.32 bits per heavy atom. The molecule has 2 rings (SSSR count). The monoisotopic (exact) mass is 320 g/mol. The van der Waals surface area contributed by atoms with Crippen molar-refractivity contribution in [2.45, 2.75) is 0 Å². The summed E-state index contributed by atoms with van der Waals surface area (Å²) in [6, 6.07) is 14.6. The fourth-order valence-corrected chi connectivity index (χ4v) is 1.76. The van der Waals surface area contributed by atoms with Crippen molar-refractivity contribution in [2.24, 2.45) is 0 Å². The van der Waals surface area contributed by atoms with E-state index in [4.69, 9.17) is 9.47 Å². The first-order valence-electron chi connectivity index (χ1n) is 5.84. The van der Waals surface area contributed by atoms with Gasteiger partial charge in [0.25, 0.3) is 0 Å². The largest absolute Gasteiger partial charge is 0.490 e. The van der Waals surface area contributed by atoms with Gasteiger partial charge in [0.1, 0.15) is 31.0 Å². The number of ether oxygens (including phenoxy) is 2. The van der Waals surface area contributed by atoms with E-state index >= 15 is 0 Å². The molecule has 0 spiro atoms. The van der Waals surface area contributed by atoms with E-state index < -0.39 is 0 Å². The van der Waals surface area contributed by atoms with Crippen molar-refractivity contribution < 1.29 is 14.3 Å². The van der Waals surface area contributed by atoms with Gasteiger partial charge in [-0.15, -0.1) is 0 Å². The highest BCUT2D eigenvalue weighted by molar-refractivity contribution is 9.10. The topological polar surface area (TPSA) is 35.5 Å². The number of benzene rings is 2. The van der Waals surface area contributed by atoms with Crippen molar-refractivity contribution in [1.29, 1.82) is 0 Å². The molecule has 0 aliphatic rings. The van der Waals surface area contributed by atoms with E-state index in [-0.39, 0.29) is 0 Å². The van der Waals surface area contributed by atoms with Gasteiger partial charge in [0.15, 0.2) is 0 Å². The van der Waals surface area contributed by atoms with Gasteiger partial charge in [-0.25, -0.2) is 0 Å². The summed E-state index contributed by atoms with van der Waals surface area (Å²) in [6.07, 6.45) is 0.806. The van der Waals surface area contributed by atoms with Crippen LogP contribution in [0.5, 0.6) is 11.5 Å². The second-order valence-corrected chi connectivity index (χ2v) is 4.75. The quantitative estimate of drug-likeness (QED) is 0.601. The third kappa shape index (κ3) is 4.41. The minimum atomic E-state index is 0.455. The number of carbonyl (C=O) groups excluding carboxylic acids is 1. The van der Waals surface area contributed by atoms with Gasteiger partial charge in [-0.1, -0.05) is 15.9 Å². The predicted octanol–water partition coefficient (Wildman–Crippen LogP) is 3.72. The summed E-state index contributed by atoms with van der Waals surface area (Å²) >= 11 is 3.36. The van der Waals surface area contributed by atoms with E-state index in [1.165, 1.54) is 0 Å². The molecule has 0 bridgehead atoms. The van der Waals surface area contributed by atoms with Crippen molar-refractivity contribution in [1.82, 2.24) is 0 Å². The lowest BCUT2D eigenvalue weighted by Crippen LogP contribution is -2.08. The Balaban J connectivity index is 1.74. The third-order valence-electron chi connectivity index (χ3n) is 2.45. The van der Waals surface area contributed by atoms with Gasteiger partial charge in [-0.3, -0.25) is 4.79 Å². The molecule has 0 radical (unpaired) electrons. The Kier molecular flexibility index (Phi) is 4.98. The van der Waals surface area contributed by atoms with Crippen LogP contribution in [0, 0.1) is 0 Å². The third-order valence-corrected chi connectivity index (χ3v) is 2.98. The lowest BCUT2D eigenvalue weighted by atomic mass is 10.2. The highest BCUT2D eigenvalue weighted by atomic mass is 79.9. The summed E-state index contributed by atoms with van der Waals surface area (Å²) in [5, 5.41) is 0. The summed E-state index contributed by atoms with van der Waals surface area (Å²) in [7, 11) is 0. The molecule has 2 aromatic rings. The second-order valence-electron chi connectivity index (χ2n) is 3.84. The van der Waals surface area contributed by atoms with Crippen LogP contribution in [0.2, 0.25) is 0 Å². The molecule has 0 aliphatic carbocycles. The van der Waals surface area contributed by atoms with E-state index in [0.717, 1.165) is 22.3 Å². The standard InChI is InChI=1S/C15H13BrO3/c16-13-3-7-15(8-4-13)19-10-9-18-14-5-1-12(11-17)2-6-14/h1-8,11H,9-10H2. The van der Waals surface area contributed by atoms with Crippen LogP contribution in [0.1, 0.15) is 10.4 Å². The maximum atomic E-state index is 10.5. The van der Waals surface area contributed by atoms with Crippen LogP contribution in [-0.4, -0.2) is 19.5 Å². The average Bonchev–Trinajstić information content (AvgIpc) is 2.46. The van der Waals surface area contributed by atoms with E-state index in [9.17, 15) is 4.79 Å². The molecule has 19 heavy (non-hydrogen) atoms. The molecule has 0 aliphatic heterocycles. The molecular weight excluding hydrogens is 308 g/mol. The molecule has 98 valence electrons. The predicted molar refractivity (Wildman–Crippen MR) is 77.0 cm³/mol. The van der Waals surface area contributed by atoms with E-state index in [1.54, 1.807) is 24.3 Å².